The van der Waals surface area contributed by atoms with Crippen LogP contribution in [0.4, 0.5) is 0 Å². The average molecular weight is 336 g/mol. The second kappa shape index (κ2) is 6.89. The zero-order valence-electron chi connectivity index (χ0n) is 14.5. The van der Waals surface area contributed by atoms with Crippen LogP contribution in [0.25, 0.3) is 11.4 Å². The highest BCUT2D eigenvalue weighted by molar-refractivity contribution is 5.97. The molecule has 0 unspecified atom stereocenters. The topological polar surface area (TPSA) is 65.2 Å². The van der Waals surface area contributed by atoms with Crippen molar-refractivity contribution in [3.8, 4) is 17.1 Å². The van der Waals surface area contributed by atoms with Crippen LogP contribution in [-0.2, 0) is 5.41 Å². The third-order valence-corrected chi connectivity index (χ3v) is 3.65. The van der Waals surface area contributed by atoms with E-state index in [0.717, 1.165) is 5.56 Å². The van der Waals surface area contributed by atoms with E-state index in [1.807, 2.05) is 51.1 Å². The molecule has 5 nitrogen and oxygen atoms in total. The summed E-state index contributed by atoms with van der Waals surface area (Å²) >= 11 is 0. The first kappa shape index (κ1) is 16.9. The zero-order valence-corrected chi connectivity index (χ0v) is 14.5. The maximum Gasteiger partial charge on any atom is 0.232 e. The summed E-state index contributed by atoms with van der Waals surface area (Å²) in [5.41, 5.74) is 1.29. The molecule has 0 radical (unpaired) electrons. The molecule has 3 rings (SSSR count). The number of ketones is 1. The summed E-state index contributed by atoms with van der Waals surface area (Å²) in [7, 11) is 0. The molecule has 0 aliphatic heterocycles. The number of hydrogen-bond donors (Lipinski definition) is 0. The van der Waals surface area contributed by atoms with Crippen molar-refractivity contribution in [3.63, 3.8) is 0 Å². The number of rotatable bonds is 5. The number of nitrogens with zero attached hydrogens (tertiary/aromatic N) is 2. The van der Waals surface area contributed by atoms with Crippen molar-refractivity contribution in [1.82, 2.24) is 10.1 Å². The van der Waals surface area contributed by atoms with E-state index < -0.39 is 0 Å². The van der Waals surface area contributed by atoms with Crippen LogP contribution in [0.5, 0.6) is 5.75 Å². The Bertz CT molecular complexity index is 847. The molecule has 25 heavy (non-hydrogen) atoms. The van der Waals surface area contributed by atoms with Crippen LogP contribution < -0.4 is 4.74 Å². The number of benzene rings is 2. The van der Waals surface area contributed by atoms with Gasteiger partial charge in [0.1, 0.15) is 5.75 Å². The van der Waals surface area contributed by atoms with Crippen LogP contribution in [0.2, 0.25) is 0 Å². The maximum absolute atomic E-state index is 12.0. The molecular weight excluding hydrogens is 316 g/mol. The Labute approximate surface area is 146 Å². The Hall–Kier alpha value is -2.95. The molecule has 0 atom stereocenters. The Morgan fingerprint density at radius 3 is 2.32 bits per heavy atom. The molecule has 0 amide bonds. The smallest absolute Gasteiger partial charge is 0.232 e. The molecule has 1 heterocycles. The summed E-state index contributed by atoms with van der Waals surface area (Å²) in [6.07, 6.45) is 0. The fraction of sp³-hybridized carbons (Fsp3) is 0.250. The lowest BCUT2D eigenvalue weighted by atomic mass is 9.97. The third kappa shape index (κ3) is 4.12. The van der Waals surface area contributed by atoms with E-state index in [1.54, 1.807) is 24.3 Å². The number of carbonyl (C=O) groups excluding carboxylic acids is 1. The van der Waals surface area contributed by atoms with Crippen LogP contribution in [0.3, 0.4) is 0 Å². The molecule has 0 saturated carbocycles. The van der Waals surface area contributed by atoms with Crippen LogP contribution in [-0.4, -0.2) is 22.5 Å². The lowest BCUT2D eigenvalue weighted by Gasteiger charge is -2.10. The summed E-state index contributed by atoms with van der Waals surface area (Å²) < 4.78 is 10.9. The van der Waals surface area contributed by atoms with Crippen molar-refractivity contribution in [2.24, 2.45) is 0 Å². The number of aromatic nitrogens is 2. The molecule has 0 aliphatic rings. The quantitative estimate of drug-likeness (QED) is 0.650. The lowest BCUT2D eigenvalue weighted by Crippen LogP contribution is -2.11. The van der Waals surface area contributed by atoms with E-state index in [0.29, 0.717) is 23.0 Å². The Morgan fingerprint density at radius 2 is 1.72 bits per heavy atom. The summed E-state index contributed by atoms with van der Waals surface area (Å²) in [6, 6.07) is 16.4. The highest BCUT2D eigenvalue weighted by Gasteiger charge is 2.22. The Kier molecular flexibility index (Phi) is 4.65. The average Bonchev–Trinajstić information content (AvgIpc) is 3.11. The molecule has 0 saturated heterocycles. The molecule has 5 heteroatoms. The fourth-order valence-corrected chi connectivity index (χ4v) is 2.20. The van der Waals surface area contributed by atoms with Gasteiger partial charge in [0.25, 0.3) is 0 Å². The predicted octanol–water partition coefficient (Wildman–Crippen LogP) is 4.30. The minimum atomic E-state index is -0.188. The number of carbonyl (C=O) groups is 1. The van der Waals surface area contributed by atoms with Crippen molar-refractivity contribution in [3.05, 3.63) is 66.1 Å². The number of hydrogen-bond acceptors (Lipinski definition) is 5. The molecule has 3 aromatic rings. The molecule has 0 spiro atoms. The summed E-state index contributed by atoms with van der Waals surface area (Å²) in [4.78, 5) is 16.5. The van der Waals surface area contributed by atoms with Gasteiger partial charge in [0.2, 0.25) is 11.7 Å². The molecule has 0 aliphatic carbocycles. The van der Waals surface area contributed by atoms with Gasteiger partial charge in [-0.25, -0.2) is 0 Å². The maximum atomic E-state index is 12.0. The first-order valence-corrected chi connectivity index (χ1v) is 8.09. The van der Waals surface area contributed by atoms with Crippen molar-refractivity contribution in [2.45, 2.75) is 26.2 Å². The Balaban J connectivity index is 1.64. The first-order valence-electron chi connectivity index (χ1n) is 8.09. The van der Waals surface area contributed by atoms with Gasteiger partial charge in [-0.05, 0) is 24.3 Å². The summed E-state index contributed by atoms with van der Waals surface area (Å²) in [6.45, 7) is 6.06. The van der Waals surface area contributed by atoms with Crippen molar-refractivity contribution >= 4 is 5.78 Å². The normalized spacial score (nSPS) is 11.3. The largest absolute Gasteiger partial charge is 0.485 e. The molecule has 0 N–H and O–H groups in total. The molecule has 2 aromatic carbocycles. The van der Waals surface area contributed by atoms with Crippen LogP contribution in [0.1, 0.15) is 37.0 Å². The van der Waals surface area contributed by atoms with Gasteiger partial charge >= 0.3 is 0 Å². The van der Waals surface area contributed by atoms with Gasteiger partial charge in [-0.3, -0.25) is 4.79 Å². The highest BCUT2D eigenvalue weighted by atomic mass is 16.5. The summed E-state index contributed by atoms with van der Waals surface area (Å²) in [5, 5.41) is 4.02. The Morgan fingerprint density at radius 1 is 1.04 bits per heavy atom. The standard InChI is InChI=1S/C20H20N2O3/c1-20(2,3)19-21-18(22-25-19)15-9-11-16(12-10-15)24-13-17(23)14-7-5-4-6-8-14/h4-12H,13H2,1-3H3. The minimum Gasteiger partial charge on any atom is -0.485 e. The van der Waals surface area contributed by atoms with E-state index in [2.05, 4.69) is 10.1 Å². The van der Waals surface area contributed by atoms with Gasteiger partial charge < -0.3 is 9.26 Å². The predicted molar refractivity (Wildman–Crippen MR) is 94.7 cm³/mol. The molecule has 128 valence electrons. The van der Waals surface area contributed by atoms with Crippen molar-refractivity contribution in [2.75, 3.05) is 6.61 Å². The van der Waals surface area contributed by atoms with Gasteiger partial charge in [0.15, 0.2) is 12.4 Å². The minimum absolute atomic E-state index is 0.000255. The second-order valence-electron chi connectivity index (χ2n) is 6.78. The lowest BCUT2D eigenvalue weighted by molar-refractivity contribution is 0.0921. The second-order valence-corrected chi connectivity index (χ2v) is 6.78. The van der Waals surface area contributed by atoms with Crippen molar-refractivity contribution < 1.29 is 14.1 Å². The summed E-state index contributed by atoms with van der Waals surface area (Å²) in [5.74, 6) is 1.69. The fourth-order valence-electron chi connectivity index (χ4n) is 2.20. The molecule has 1 aromatic heterocycles. The van der Waals surface area contributed by atoms with Crippen LogP contribution >= 0.6 is 0 Å². The number of Topliss-reactive ketones (excluding diaryl/α,β-unsaturated/α-hetero) is 1. The van der Waals surface area contributed by atoms with Gasteiger partial charge in [-0.1, -0.05) is 56.3 Å². The van der Waals surface area contributed by atoms with Gasteiger partial charge in [0.05, 0.1) is 0 Å². The van der Waals surface area contributed by atoms with E-state index in [9.17, 15) is 4.79 Å². The molecule has 0 bridgehead atoms. The van der Waals surface area contributed by atoms with Gasteiger partial charge in [0, 0.05) is 16.5 Å². The van der Waals surface area contributed by atoms with Crippen molar-refractivity contribution in [1.29, 1.82) is 0 Å². The van der Waals surface area contributed by atoms with E-state index in [-0.39, 0.29) is 17.8 Å². The van der Waals surface area contributed by atoms with E-state index in [4.69, 9.17) is 9.26 Å². The SMILES string of the molecule is CC(C)(C)c1nc(-c2ccc(OCC(=O)c3ccccc3)cc2)no1. The van der Waals surface area contributed by atoms with E-state index in [1.165, 1.54) is 0 Å². The van der Waals surface area contributed by atoms with Gasteiger partial charge in [-0.15, -0.1) is 0 Å². The van der Waals surface area contributed by atoms with Crippen LogP contribution in [0, 0.1) is 0 Å². The highest BCUT2D eigenvalue weighted by Crippen LogP contribution is 2.25. The third-order valence-electron chi connectivity index (χ3n) is 3.65. The van der Waals surface area contributed by atoms with Crippen LogP contribution in [0.15, 0.2) is 59.1 Å². The van der Waals surface area contributed by atoms with E-state index >= 15 is 0 Å². The number of ether oxygens (including phenoxy) is 1. The zero-order chi connectivity index (χ0) is 17.9. The molecular formula is C20H20N2O3. The first-order chi connectivity index (χ1) is 11.9. The van der Waals surface area contributed by atoms with Gasteiger partial charge in [-0.2, -0.15) is 4.98 Å². The molecule has 0 fully saturated rings. The monoisotopic (exact) mass is 336 g/mol.